The first kappa shape index (κ1) is 16.8. The van der Waals surface area contributed by atoms with E-state index in [1.807, 2.05) is 19.1 Å². The van der Waals surface area contributed by atoms with Crippen LogP contribution >= 0.6 is 0 Å². The highest BCUT2D eigenvalue weighted by molar-refractivity contribution is 5.62. The maximum absolute atomic E-state index is 5.86. The van der Waals surface area contributed by atoms with Crippen LogP contribution < -0.4 is 14.8 Å². The SMILES string of the molecule is C=C(C)COc1ccc2c(c1)C1C=CCC1C(c1cccc(OC)c1)N2. The van der Waals surface area contributed by atoms with Gasteiger partial charge in [-0.05, 0) is 66.3 Å². The Morgan fingerprint density at radius 1 is 1.19 bits per heavy atom. The Kier molecular flexibility index (Phi) is 4.46. The molecule has 26 heavy (non-hydrogen) atoms. The third kappa shape index (κ3) is 3.10. The van der Waals surface area contributed by atoms with E-state index in [4.69, 9.17) is 9.47 Å². The highest BCUT2D eigenvalue weighted by atomic mass is 16.5. The topological polar surface area (TPSA) is 30.5 Å². The van der Waals surface area contributed by atoms with Crippen LogP contribution in [-0.2, 0) is 0 Å². The molecule has 3 atom stereocenters. The van der Waals surface area contributed by atoms with Gasteiger partial charge in [0.2, 0.25) is 0 Å². The minimum atomic E-state index is 0.278. The summed E-state index contributed by atoms with van der Waals surface area (Å²) in [7, 11) is 1.72. The van der Waals surface area contributed by atoms with Gasteiger partial charge in [-0.1, -0.05) is 30.9 Å². The van der Waals surface area contributed by atoms with Crippen LogP contribution in [0.15, 0.2) is 66.8 Å². The lowest BCUT2D eigenvalue weighted by Crippen LogP contribution is -2.29. The summed E-state index contributed by atoms with van der Waals surface area (Å²) < 4.78 is 11.3. The fourth-order valence-corrected chi connectivity index (χ4v) is 4.03. The van der Waals surface area contributed by atoms with E-state index in [1.165, 1.54) is 16.8 Å². The number of ether oxygens (including phenoxy) is 2. The van der Waals surface area contributed by atoms with Crippen molar-refractivity contribution in [1.29, 1.82) is 0 Å². The van der Waals surface area contributed by atoms with Gasteiger partial charge in [-0.15, -0.1) is 0 Å². The Balaban J connectivity index is 1.66. The molecule has 3 heteroatoms. The zero-order valence-corrected chi connectivity index (χ0v) is 15.4. The first-order chi connectivity index (χ1) is 12.7. The molecule has 0 radical (unpaired) electrons. The first-order valence-corrected chi connectivity index (χ1v) is 9.14. The largest absolute Gasteiger partial charge is 0.497 e. The van der Waals surface area contributed by atoms with Gasteiger partial charge in [-0.2, -0.15) is 0 Å². The Hall–Kier alpha value is -2.68. The van der Waals surface area contributed by atoms with Crippen molar-refractivity contribution in [2.24, 2.45) is 5.92 Å². The molecule has 0 saturated carbocycles. The third-order valence-corrected chi connectivity index (χ3v) is 5.27. The summed E-state index contributed by atoms with van der Waals surface area (Å²) >= 11 is 0. The molecular weight excluding hydrogens is 322 g/mol. The van der Waals surface area contributed by atoms with Gasteiger partial charge in [-0.25, -0.2) is 0 Å². The lowest BCUT2D eigenvalue weighted by Gasteiger charge is -2.37. The standard InChI is InChI=1S/C23H25NO2/c1-15(2)14-26-18-10-11-22-21(13-18)19-8-5-9-20(19)23(24-22)16-6-4-7-17(12-16)25-3/h4-8,10-13,19-20,23-24H,1,9,14H2,2-3H3. The number of hydrogen-bond acceptors (Lipinski definition) is 3. The van der Waals surface area contributed by atoms with Crippen LogP contribution in [0, 0.1) is 5.92 Å². The molecule has 1 heterocycles. The average molecular weight is 347 g/mol. The van der Waals surface area contributed by atoms with Crippen molar-refractivity contribution in [2.75, 3.05) is 19.0 Å². The van der Waals surface area contributed by atoms with Crippen molar-refractivity contribution >= 4 is 5.69 Å². The van der Waals surface area contributed by atoms with Crippen LogP contribution in [0.4, 0.5) is 5.69 Å². The molecule has 1 N–H and O–H groups in total. The smallest absolute Gasteiger partial charge is 0.120 e. The molecular formula is C23H25NO2. The van der Waals surface area contributed by atoms with Gasteiger partial charge in [0.05, 0.1) is 13.2 Å². The van der Waals surface area contributed by atoms with E-state index in [2.05, 4.69) is 54.4 Å². The van der Waals surface area contributed by atoms with Gasteiger partial charge in [0.1, 0.15) is 18.1 Å². The predicted octanol–water partition coefficient (Wildman–Crippen LogP) is 5.48. The second kappa shape index (κ2) is 6.91. The Morgan fingerprint density at radius 3 is 2.88 bits per heavy atom. The van der Waals surface area contributed by atoms with Crippen molar-refractivity contribution in [3.8, 4) is 11.5 Å². The monoisotopic (exact) mass is 347 g/mol. The minimum Gasteiger partial charge on any atom is -0.497 e. The number of benzene rings is 2. The average Bonchev–Trinajstić information content (AvgIpc) is 3.15. The number of rotatable bonds is 5. The van der Waals surface area contributed by atoms with E-state index in [0.717, 1.165) is 23.5 Å². The van der Waals surface area contributed by atoms with Crippen molar-refractivity contribution in [2.45, 2.75) is 25.3 Å². The Labute approximate surface area is 155 Å². The van der Waals surface area contributed by atoms with Crippen LogP contribution in [0.3, 0.4) is 0 Å². The molecule has 1 aliphatic carbocycles. The van der Waals surface area contributed by atoms with Gasteiger partial charge < -0.3 is 14.8 Å². The quantitative estimate of drug-likeness (QED) is 0.727. The highest BCUT2D eigenvalue weighted by Gasteiger charge is 2.38. The lowest BCUT2D eigenvalue weighted by molar-refractivity contribution is 0.350. The normalized spacial score (nSPS) is 22.9. The van der Waals surface area contributed by atoms with Gasteiger partial charge in [0.25, 0.3) is 0 Å². The van der Waals surface area contributed by atoms with Crippen LogP contribution in [0.25, 0.3) is 0 Å². The van der Waals surface area contributed by atoms with E-state index < -0.39 is 0 Å². The molecule has 3 unspecified atom stereocenters. The third-order valence-electron chi connectivity index (χ3n) is 5.27. The van der Waals surface area contributed by atoms with E-state index >= 15 is 0 Å². The molecule has 4 rings (SSSR count). The number of fused-ring (bicyclic) bond motifs is 3. The molecule has 2 aromatic carbocycles. The molecule has 0 fully saturated rings. The van der Waals surface area contributed by atoms with Crippen molar-refractivity contribution in [3.63, 3.8) is 0 Å². The van der Waals surface area contributed by atoms with E-state index in [9.17, 15) is 0 Å². The number of anilines is 1. The summed E-state index contributed by atoms with van der Waals surface area (Å²) in [5.41, 5.74) is 4.81. The summed E-state index contributed by atoms with van der Waals surface area (Å²) in [5.74, 6) is 2.73. The summed E-state index contributed by atoms with van der Waals surface area (Å²) in [5, 5.41) is 3.76. The fraction of sp³-hybridized carbons (Fsp3) is 0.304. The molecule has 1 aliphatic heterocycles. The van der Waals surface area contributed by atoms with Gasteiger partial charge >= 0.3 is 0 Å². The summed E-state index contributed by atoms with van der Waals surface area (Å²) in [4.78, 5) is 0. The van der Waals surface area contributed by atoms with Crippen molar-refractivity contribution in [1.82, 2.24) is 0 Å². The van der Waals surface area contributed by atoms with E-state index in [-0.39, 0.29) is 6.04 Å². The molecule has 0 amide bonds. The summed E-state index contributed by atoms with van der Waals surface area (Å²) in [6.45, 7) is 6.45. The number of hydrogen-bond donors (Lipinski definition) is 1. The molecule has 0 bridgehead atoms. The molecule has 2 aliphatic rings. The van der Waals surface area contributed by atoms with E-state index in [1.54, 1.807) is 7.11 Å². The zero-order valence-electron chi connectivity index (χ0n) is 15.4. The molecule has 0 aromatic heterocycles. The maximum atomic E-state index is 5.86. The first-order valence-electron chi connectivity index (χ1n) is 9.14. The molecule has 134 valence electrons. The van der Waals surface area contributed by atoms with Gasteiger partial charge in [0, 0.05) is 11.6 Å². The van der Waals surface area contributed by atoms with Gasteiger partial charge in [0.15, 0.2) is 0 Å². The zero-order chi connectivity index (χ0) is 18.1. The van der Waals surface area contributed by atoms with Crippen LogP contribution in [-0.4, -0.2) is 13.7 Å². The molecule has 0 saturated heterocycles. The number of nitrogens with one attached hydrogen (secondary N) is 1. The maximum Gasteiger partial charge on any atom is 0.120 e. The second-order valence-electron chi connectivity index (χ2n) is 7.25. The predicted molar refractivity (Wildman–Crippen MR) is 106 cm³/mol. The minimum absolute atomic E-state index is 0.278. The van der Waals surface area contributed by atoms with Crippen LogP contribution in [0.2, 0.25) is 0 Å². The summed E-state index contributed by atoms with van der Waals surface area (Å²) in [6.07, 6.45) is 5.73. The molecule has 2 aromatic rings. The van der Waals surface area contributed by atoms with Gasteiger partial charge in [-0.3, -0.25) is 0 Å². The Morgan fingerprint density at radius 2 is 2.08 bits per heavy atom. The van der Waals surface area contributed by atoms with E-state index in [0.29, 0.717) is 18.4 Å². The second-order valence-corrected chi connectivity index (χ2v) is 7.25. The number of methoxy groups -OCH3 is 1. The van der Waals surface area contributed by atoms with Crippen molar-refractivity contribution in [3.05, 3.63) is 77.9 Å². The van der Waals surface area contributed by atoms with Crippen LogP contribution in [0.1, 0.15) is 36.4 Å². The lowest BCUT2D eigenvalue weighted by atomic mass is 9.77. The highest BCUT2D eigenvalue weighted by Crippen LogP contribution is 2.50. The van der Waals surface area contributed by atoms with Crippen LogP contribution in [0.5, 0.6) is 11.5 Å². The fourth-order valence-electron chi connectivity index (χ4n) is 4.03. The molecule has 0 spiro atoms. The Bertz CT molecular complexity index is 855. The van der Waals surface area contributed by atoms with Crippen molar-refractivity contribution < 1.29 is 9.47 Å². The molecule has 3 nitrogen and oxygen atoms in total. The summed E-state index contributed by atoms with van der Waals surface area (Å²) in [6, 6.07) is 15.0. The number of allylic oxidation sites excluding steroid dienone is 2.